The molecule has 7 nitrogen and oxygen atoms in total. The lowest BCUT2D eigenvalue weighted by Crippen LogP contribution is -2.13. The van der Waals surface area contributed by atoms with Gasteiger partial charge in [0.05, 0.1) is 44.4 Å². The van der Waals surface area contributed by atoms with Gasteiger partial charge < -0.3 is 18.0 Å². The summed E-state index contributed by atoms with van der Waals surface area (Å²) in [5, 5.41) is 7.10. The standard InChI is InChI=1S/C64H36F3N5O2/c65-64(66,67)59-44(24-15-27-52(59)72-49-25-11-7-20-40(49)47-35-48-43-22-10-13-28-55(43)73-57(48)36-54(47)72)41-31-30-39(63-69-61(37-16-3-1-4-17-37)68-62(70-63)38-18-5-2-6-19-38)34-53(41)71-50-26-12-8-23-46(50)58-51(71)33-32-45-42-21-9-14-29-56(42)74-60(45)58/h1-36H. The summed E-state index contributed by atoms with van der Waals surface area (Å²) in [7, 11) is 0. The number of rotatable bonds is 6. The normalized spacial score (nSPS) is 12.3. The van der Waals surface area contributed by atoms with Gasteiger partial charge in [-0.2, -0.15) is 13.2 Å². The fraction of sp³-hybridized carbons (Fsp3) is 0.0156. The molecule has 10 aromatic carbocycles. The van der Waals surface area contributed by atoms with Gasteiger partial charge in [0.2, 0.25) is 0 Å². The minimum absolute atomic E-state index is 0.00589. The van der Waals surface area contributed by atoms with Crippen molar-refractivity contribution in [2.75, 3.05) is 0 Å². The molecule has 0 N–H and O–H groups in total. The number of furan rings is 2. The summed E-state index contributed by atoms with van der Waals surface area (Å²) >= 11 is 0. The lowest BCUT2D eigenvalue weighted by Gasteiger charge is -2.22. The van der Waals surface area contributed by atoms with Crippen LogP contribution >= 0.6 is 0 Å². The second-order valence-corrected chi connectivity index (χ2v) is 18.6. The van der Waals surface area contributed by atoms with Crippen LogP contribution in [0.5, 0.6) is 0 Å². The Labute approximate surface area is 418 Å². The number of benzene rings is 10. The quantitative estimate of drug-likeness (QED) is 0.166. The van der Waals surface area contributed by atoms with Gasteiger partial charge in [0.15, 0.2) is 17.5 Å². The molecule has 15 rings (SSSR count). The Kier molecular flexibility index (Phi) is 8.98. The number of hydrogen-bond acceptors (Lipinski definition) is 5. The highest BCUT2D eigenvalue weighted by molar-refractivity contribution is 6.24. The van der Waals surface area contributed by atoms with Crippen molar-refractivity contribution in [1.82, 2.24) is 24.1 Å². The number of alkyl halides is 3. The molecule has 0 unspecified atom stereocenters. The van der Waals surface area contributed by atoms with E-state index in [0.29, 0.717) is 62.1 Å². The lowest BCUT2D eigenvalue weighted by molar-refractivity contribution is -0.136. The summed E-state index contributed by atoms with van der Waals surface area (Å²) in [6.07, 6.45) is -4.84. The van der Waals surface area contributed by atoms with E-state index in [2.05, 4.69) is 4.57 Å². The van der Waals surface area contributed by atoms with Gasteiger partial charge in [-0.05, 0) is 60.2 Å². The third-order valence-corrected chi connectivity index (χ3v) is 14.4. The molecule has 0 amide bonds. The molecule has 5 heterocycles. The van der Waals surface area contributed by atoms with Crippen LogP contribution in [0.25, 0.3) is 144 Å². The zero-order valence-corrected chi connectivity index (χ0v) is 39.0. The van der Waals surface area contributed by atoms with E-state index in [0.717, 1.165) is 70.8 Å². The molecule has 0 fully saturated rings. The Morgan fingerprint density at radius 2 is 0.905 bits per heavy atom. The predicted octanol–water partition coefficient (Wildman–Crippen LogP) is 17.6. The molecule has 0 atom stereocenters. The van der Waals surface area contributed by atoms with E-state index in [1.165, 1.54) is 0 Å². The highest BCUT2D eigenvalue weighted by Crippen LogP contribution is 2.48. The second-order valence-electron chi connectivity index (χ2n) is 18.6. The highest BCUT2D eigenvalue weighted by Gasteiger charge is 2.39. The van der Waals surface area contributed by atoms with Crippen molar-refractivity contribution in [1.29, 1.82) is 0 Å². The summed E-state index contributed by atoms with van der Waals surface area (Å²) in [6.45, 7) is 0. The van der Waals surface area contributed by atoms with Crippen LogP contribution < -0.4 is 0 Å². The van der Waals surface area contributed by atoms with E-state index in [9.17, 15) is 0 Å². The van der Waals surface area contributed by atoms with E-state index >= 15 is 13.2 Å². The fourth-order valence-electron chi connectivity index (χ4n) is 11.2. The summed E-state index contributed by atoms with van der Waals surface area (Å²) in [5.41, 5.74) is 7.65. The first-order valence-electron chi connectivity index (χ1n) is 24.2. The van der Waals surface area contributed by atoms with Crippen LogP contribution in [0.1, 0.15) is 5.56 Å². The molecule has 0 saturated heterocycles. The van der Waals surface area contributed by atoms with Gasteiger partial charge in [0.1, 0.15) is 22.3 Å². The highest BCUT2D eigenvalue weighted by atomic mass is 19.4. The third-order valence-electron chi connectivity index (χ3n) is 14.4. The maximum atomic E-state index is 16.7. The maximum Gasteiger partial charge on any atom is 0.419 e. The Morgan fingerprint density at radius 3 is 1.59 bits per heavy atom. The number of para-hydroxylation sites is 4. The minimum Gasteiger partial charge on any atom is -0.456 e. The number of hydrogen-bond donors (Lipinski definition) is 0. The van der Waals surface area contributed by atoms with Crippen LogP contribution in [0, 0.1) is 0 Å². The van der Waals surface area contributed by atoms with Gasteiger partial charge in [-0.15, -0.1) is 0 Å². The van der Waals surface area contributed by atoms with Gasteiger partial charge in [0, 0.05) is 66.0 Å². The largest absolute Gasteiger partial charge is 0.456 e. The Hall–Kier alpha value is -9.80. The minimum atomic E-state index is -4.84. The summed E-state index contributed by atoms with van der Waals surface area (Å²) < 4.78 is 67.0. The molecule has 10 heteroatoms. The van der Waals surface area contributed by atoms with Crippen LogP contribution in [0.15, 0.2) is 227 Å². The van der Waals surface area contributed by atoms with Crippen LogP contribution in [0.4, 0.5) is 13.2 Å². The predicted molar refractivity (Wildman–Crippen MR) is 290 cm³/mol. The van der Waals surface area contributed by atoms with E-state index < -0.39 is 11.7 Å². The molecule has 5 aromatic heterocycles. The van der Waals surface area contributed by atoms with Crippen LogP contribution in [0.3, 0.4) is 0 Å². The molecule has 0 aliphatic rings. The van der Waals surface area contributed by atoms with Crippen LogP contribution in [-0.4, -0.2) is 24.1 Å². The molecule has 0 bridgehead atoms. The van der Waals surface area contributed by atoms with Crippen molar-refractivity contribution in [2.24, 2.45) is 0 Å². The zero-order chi connectivity index (χ0) is 49.2. The van der Waals surface area contributed by atoms with Crippen molar-refractivity contribution in [3.63, 3.8) is 0 Å². The van der Waals surface area contributed by atoms with Gasteiger partial charge in [-0.3, -0.25) is 0 Å². The van der Waals surface area contributed by atoms with Crippen LogP contribution in [0.2, 0.25) is 0 Å². The first-order chi connectivity index (χ1) is 36.3. The van der Waals surface area contributed by atoms with E-state index in [4.69, 9.17) is 23.8 Å². The molecule has 0 radical (unpaired) electrons. The number of halogens is 3. The third kappa shape index (κ3) is 6.31. The Balaban J connectivity index is 1.04. The van der Waals surface area contributed by atoms with Gasteiger partial charge in [-0.1, -0.05) is 158 Å². The topological polar surface area (TPSA) is 74.8 Å². The van der Waals surface area contributed by atoms with E-state index in [1.807, 2.05) is 194 Å². The first kappa shape index (κ1) is 41.9. The molecule has 0 saturated carbocycles. The Bertz CT molecular complexity index is 4720. The summed E-state index contributed by atoms with van der Waals surface area (Å²) in [4.78, 5) is 15.1. The summed E-state index contributed by atoms with van der Waals surface area (Å²) in [6, 6.07) is 69.0. The molecular formula is C64H36F3N5O2. The monoisotopic (exact) mass is 963 g/mol. The van der Waals surface area contributed by atoms with Gasteiger partial charge >= 0.3 is 6.18 Å². The average molecular weight is 964 g/mol. The number of fused-ring (bicyclic) bond motifs is 13. The van der Waals surface area contributed by atoms with Crippen LogP contribution in [-0.2, 0) is 6.18 Å². The Morgan fingerprint density at radius 1 is 0.338 bits per heavy atom. The lowest BCUT2D eigenvalue weighted by atomic mass is 9.94. The fourth-order valence-corrected chi connectivity index (χ4v) is 11.2. The first-order valence-corrected chi connectivity index (χ1v) is 24.2. The molecule has 350 valence electrons. The molecule has 0 spiro atoms. The van der Waals surface area contributed by atoms with Crippen molar-refractivity contribution in [3.8, 4) is 56.7 Å². The number of aromatic nitrogens is 5. The maximum absolute atomic E-state index is 16.7. The number of nitrogens with zero attached hydrogens (tertiary/aromatic N) is 5. The molecular weight excluding hydrogens is 928 g/mol. The van der Waals surface area contributed by atoms with E-state index in [-0.39, 0.29) is 11.3 Å². The zero-order valence-electron chi connectivity index (χ0n) is 39.0. The molecule has 15 aromatic rings. The van der Waals surface area contributed by atoms with Gasteiger partial charge in [0.25, 0.3) is 0 Å². The molecule has 0 aliphatic carbocycles. The smallest absolute Gasteiger partial charge is 0.419 e. The van der Waals surface area contributed by atoms with E-state index in [1.54, 1.807) is 28.8 Å². The summed E-state index contributed by atoms with van der Waals surface area (Å²) in [5.74, 6) is 1.28. The van der Waals surface area contributed by atoms with Crippen molar-refractivity contribution in [2.45, 2.75) is 6.18 Å². The molecule has 74 heavy (non-hydrogen) atoms. The van der Waals surface area contributed by atoms with Gasteiger partial charge in [-0.25, -0.2) is 15.0 Å². The SMILES string of the molecule is FC(F)(F)c1c(-c2ccc(-c3nc(-c4ccccc4)nc(-c4ccccc4)n3)cc2-n2c3ccccc3c3c4oc5ccccc5c4ccc32)cccc1-n1c2ccccc2c2cc3c(cc21)oc1ccccc13. The average Bonchev–Trinajstić information content (AvgIpc) is 4.20. The molecule has 0 aliphatic heterocycles. The van der Waals surface area contributed by atoms with Crippen molar-refractivity contribution in [3.05, 3.63) is 224 Å². The second kappa shape index (κ2) is 15.9. The van der Waals surface area contributed by atoms with Crippen molar-refractivity contribution >= 4 is 87.5 Å². The van der Waals surface area contributed by atoms with Crippen molar-refractivity contribution < 1.29 is 22.0 Å².